The summed E-state index contributed by atoms with van der Waals surface area (Å²) in [6, 6.07) is 3.41. The first-order valence-electron chi connectivity index (χ1n) is 5.13. The second-order valence-corrected chi connectivity index (χ2v) is 4.72. The maximum absolute atomic E-state index is 11.4. The van der Waals surface area contributed by atoms with Gasteiger partial charge in [-0.2, -0.15) is 0 Å². The summed E-state index contributed by atoms with van der Waals surface area (Å²) in [5.74, 6) is -0.768. The number of carbonyl (C=O) groups is 1. The molecule has 0 saturated carbocycles. The number of ether oxygens (including phenoxy) is 2. The first kappa shape index (κ1) is 13.2. The molecular formula is C12H10Cl2O4. The molecule has 6 heteroatoms. The van der Waals surface area contributed by atoms with Crippen LogP contribution < -0.4 is 4.74 Å². The van der Waals surface area contributed by atoms with E-state index >= 15 is 0 Å². The molecule has 1 heterocycles. The van der Waals surface area contributed by atoms with E-state index < -0.39 is 12.3 Å². The minimum Gasteiger partial charge on any atom is -0.447 e. The number of cyclic esters (lactones) is 1. The van der Waals surface area contributed by atoms with Gasteiger partial charge in [-0.1, -0.05) is 23.2 Å². The van der Waals surface area contributed by atoms with Crippen molar-refractivity contribution in [2.45, 2.75) is 20.1 Å². The predicted molar refractivity (Wildman–Crippen MR) is 66.5 cm³/mol. The third-order valence-electron chi connectivity index (χ3n) is 2.60. The lowest BCUT2D eigenvalue weighted by Crippen LogP contribution is -2.09. The van der Waals surface area contributed by atoms with E-state index in [2.05, 4.69) is 4.74 Å². The van der Waals surface area contributed by atoms with Crippen LogP contribution in [0.3, 0.4) is 0 Å². The number of benzene rings is 1. The molecule has 18 heavy (non-hydrogen) atoms. The van der Waals surface area contributed by atoms with Crippen LogP contribution in [0.4, 0.5) is 0 Å². The molecule has 4 nitrogen and oxygen atoms in total. The maximum atomic E-state index is 11.4. The molecule has 0 aliphatic carbocycles. The van der Waals surface area contributed by atoms with Gasteiger partial charge in [-0.05, 0) is 37.1 Å². The van der Waals surface area contributed by atoms with Gasteiger partial charge in [0.15, 0.2) is 0 Å². The Balaban J connectivity index is 2.36. The molecule has 1 aromatic rings. The smallest absolute Gasteiger partial charge is 0.378 e. The molecule has 1 atom stereocenters. The van der Waals surface area contributed by atoms with Crippen molar-refractivity contribution in [1.29, 1.82) is 0 Å². The lowest BCUT2D eigenvalue weighted by Gasteiger charge is -2.09. The highest BCUT2D eigenvalue weighted by atomic mass is 35.5. The highest BCUT2D eigenvalue weighted by molar-refractivity contribution is 6.33. The van der Waals surface area contributed by atoms with Crippen molar-refractivity contribution in [3.8, 4) is 5.75 Å². The van der Waals surface area contributed by atoms with Crippen LogP contribution in [0.15, 0.2) is 22.9 Å². The maximum Gasteiger partial charge on any atom is 0.378 e. The number of aryl methyl sites for hydroxylation is 2. The number of esters is 1. The standard InChI is InChI=1S/C12H10Cl2O4/c1-5-3-7(13)8(4-6(5)2)17-10-9(14)11(15)18-12(10)16/h3-4,11,15H,1-2H3. The van der Waals surface area contributed by atoms with E-state index in [-0.39, 0.29) is 10.8 Å². The molecule has 96 valence electrons. The molecule has 0 radical (unpaired) electrons. The second-order valence-electron chi connectivity index (χ2n) is 3.90. The van der Waals surface area contributed by atoms with Crippen molar-refractivity contribution in [3.63, 3.8) is 0 Å². The molecule has 0 fully saturated rings. The van der Waals surface area contributed by atoms with Crippen LogP contribution in [0.25, 0.3) is 0 Å². The van der Waals surface area contributed by atoms with Crippen molar-refractivity contribution in [2.24, 2.45) is 0 Å². The van der Waals surface area contributed by atoms with E-state index in [0.717, 1.165) is 11.1 Å². The van der Waals surface area contributed by atoms with Crippen LogP contribution in [0, 0.1) is 13.8 Å². The molecule has 1 aliphatic heterocycles. The third-order valence-corrected chi connectivity index (χ3v) is 3.25. The minimum absolute atomic E-state index is 0.186. The van der Waals surface area contributed by atoms with E-state index in [0.29, 0.717) is 10.8 Å². The molecule has 0 spiro atoms. The zero-order valence-electron chi connectivity index (χ0n) is 9.66. The summed E-state index contributed by atoms with van der Waals surface area (Å²) in [7, 11) is 0. The predicted octanol–water partition coefficient (Wildman–Crippen LogP) is 2.66. The SMILES string of the molecule is Cc1cc(Cl)c(OC2=C(Cl)C(O)OC2=O)cc1C. The molecule has 1 N–H and O–H groups in total. The fourth-order valence-electron chi connectivity index (χ4n) is 1.45. The lowest BCUT2D eigenvalue weighted by atomic mass is 10.1. The Hall–Kier alpha value is -1.23. The Kier molecular flexibility index (Phi) is 3.52. The number of hydrogen-bond donors (Lipinski definition) is 1. The summed E-state index contributed by atoms with van der Waals surface area (Å²) in [5.41, 5.74) is 1.96. The molecule has 2 rings (SSSR count). The number of hydrogen-bond acceptors (Lipinski definition) is 4. The summed E-state index contributed by atoms with van der Waals surface area (Å²) in [5, 5.41) is 9.40. The average molecular weight is 289 g/mol. The number of halogens is 2. The molecule has 0 aromatic heterocycles. The molecular weight excluding hydrogens is 279 g/mol. The lowest BCUT2D eigenvalue weighted by molar-refractivity contribution is -0.153. The molecule has 0 bridgehead atoms. The summed E-state index contributed by atoms with van der Waals surface area (Å²) >= 11 is 11.7. The van der Waals surface area contributed by atoms with Crippen LogP contribution >= 0.6 is 23.2 Å². The summed E-state index contributed by atoms with van der Waals surface area (Å²) in [6.07, 6.45) is -1.47. The number of carbonyl (C=O) groups excluding carboxylic acids is 1. The number of aliphatic hydroxyl groups excluding tert-OH is 1. The summed E-state index contributed by atoms with van der Waals surface area (Å²) in [6.45, 7) is 3.79. The first-order valence-corrected chi connectivity index (χ1v) is 5.89. The molecule has 1 aromatic carbocycles. The number of aliphatic hydroxyl groups is 1. The third kappa shape index (κ3) is 2.32. The normalized spacial score (nSPS) is 19.2. The Labute approximate surface area is 114 Å². The van der Waals surface area contributed by atoms with Crippen molar-refractivity contribution >= 4 is 29.2 Å². The Morgan fingerprint density at radius 1 is 1.28 bits per heavy atom. The van der Waals surface area contributed by atoms with Gasteiger partial charge in [0.2, 0.25) is 12.0 Å². The Morgan fingerprint density at radius 3 is 2.44 bits per heavy atom. The second kappa shape index (κ2) is 4.80. The minimum atomic E-state index is -1.47. The van der Waals surface area contributed by atoms with E-state index in [1.807, 2.05) is 13.8 Å². The van der Waals surface area contributed by atoms with Crippen molar-refractivity contribution in [2.75, 3.05) is 0 Å². The van der Waals surface area contributed by atoms with Crippen LogP contribution in [0.1, 0.15) is 11.1 Å². The van der Waals surface area contributed by atoms with E-state index in [1.165, 1.54) is 0 Å². The van der Waals surface area contributed by atoms with Crippen molar-refractivity contribution in [3.05, 3.63) is 39.1 Å². The van der Waals surface area contributed by atoms with Gasteiger partial charge < -0.3 is 14.6 Å². The van der Waals surface area contributed by atoms with Crippen LogP contribution in [-0.2, 0) is 9.53 Å². The van der Waals surface area contributed by atoms with Crippen LogP contribution in [0.5, 0.6) is 5.75 Å². The van der Waals surface area contributed by atoms with Gasteiger partial charge in [-0.25, -0.2) is 4.79 Å². The zero-order valence-corrected chi connectivity index (χ0v) is 11.2. The largest absolute Gasteiger partial charge is 0.447 e. The Morgan fingerprint density at radius 2 is 1.89 bits per heavy atom. The van der Waals surface area contributed by atoms with E-state index in [4.69, 9.17) is 27.9 Å². The Bertz CT molecular complexity index is 551. The quantitative estimate of drug-likeness (QED) is 0.850. The van der Waals surface area contributed by atoms with Gasteiger partial charge in [-0.3, -0.25) is 0 Å². The van der Waals surface area contributed by atoms with Gasteiger partial charge in [0, 0.05) is 0 Å². The van der Waals surface area contributed by atoms with E-state index in [9.17, 15) is 9.90 Å². The highest BCUT2D eigenvalue weighted by Crippen LogP contribution is 2.33. The fourth-order valence-corrected chi connectivity index (χ4v) is 1.87. The molecule has 0 saturated heterocycles. The molecule has 1 unspecified atom stereocenters. The van der Waals surface area contributed by atoms with Gasteiger partial charge in [-0.15, -0.1) is 0 Å². The van der Waals surface area contributed by atoms with Gasteiger partial charge in [0.1, 0.15) is 10.8 Å². The fraction of sp³-hybridized carbons (Fsp3) is 0.250. The van der Waals surface area contributed by atoms with Crippen molar-refractivity contribution in [1.82, 2.24) is 0 Å². The van der Waals surface area contributed by atoms with Crippen molar-refractivity contribution < 1.29 is 19.4 Å². The topological polar surface area (TPSA) is 55.8 Å². The van der Waals surface area contributed by atoms with E-state index in [1.54, 1.807) is 12.1 Å². The highest BCUT2D eigenvalue weighted by Gasteiger charge is 2.34. The summed E-state index contributed by atoms with van der Waals surface area (Å²) in [4.78, 5) is 11.4. The molecule has 1 aliphatic rings. The molecule has 0 amide bonds. The first-order chi connectivity index (χ1) is 8.40. The van der Waals surface area contributed by atoms with Crippen LogP contribution in [-0.4, -0.2) is 17.4 Å². The summed E-state index contributed by atoms with van der Waals surface area (Å²) < 4.78 is 9.81. The van der Waals surface area contributed by atoms with Gasteiger partial charge >= 0.3 is 5.97 Å². The number of rotatable bonds is 2. The van der Waals surface area contributed by atoms with Crippen LogP contribution in [0.2, 0.25) is 5.02 Å². The zero-order chi connectivity index (χ0) is 13.4. The van der Waals surface area contributed by atoms with Gasteiger partial charge in [0.25, 0.3) is 0 Å². The monoisotopic (exact) mass is 288 g/mol. The average Bonchev–Trinajstić information content (AvgIpc) is 2.52. The van der Waals surface area contributed by atoms with Gasteiger partial charge in [0.05, 0.1) is 5.02 Å².